The number of aryl methyl sites for hydroxylation is 1. The predicted octanol–water partition coefficient (Wildman–Crippen LogP) is 2.98. The van der Waals surface area contributed by atoms with Gasteiger partial charge in [-0.05, 0) is 49.6 Å². The van der Waals surface area contributed by atoms with Gasteiger partial charge >= 0.3 is 5.97 Å². The minimum absolute atomic E-state index is 0.319. The zero-order chi connectivity index (χ0) is 24.2. The number of nitrogens with zero attached hydrogens (tertiary/aromatic N) is 1. The van der Waals surface area contributed by atoms with E-state index in [2.05, 4.69) is 12.2 Å². The predicted molar refractivity (Wildman–Crippen MR) is 124 cm³/mol. The Bertz CT molecular complexity index is 942. The first-order chi connectivity index (χ1) is 15.9. The van der Waals surface area contributed by atoms with Crippen molar-refractivity contribution < 1.29 is 28.6 Å². The Labute approximate surface area is 194 Å². The number of hydrogen-bond donors (Lipinski definition) is 1. The monoisotopic (exact) mass is 456 g/mol. The molecular formula is C25H32N2O6. The number of rotatable bonds is 12. The van der Waals surface area contributed by atoms with Crippen molar-refractivity contribution in [2.45, 2.75) is 33.7 Å². The highest BCUT2D eigenvalue weighted by Gasteiger charge is 2.15. The molecule has 0 unspecified atom stereocenters. The van der Waals surface area contributed by atoms with Crippen LogP contribution >= 0.6 is 0 Å². The van der Waals surface area contributed by atoms with Crippen LogP contribution in [0.4, 0.5) is 0 Å². The van der Waals surface area contributed by atoms with Gasteiger partial charge in [0.15, 0.2) is 18.1 Å². The van der Waals surface area contributed by atoms with Crippen LogP contribution in [0.5, 0.6) is 11.5 Å². The number of carbonyl (C=O) groups is 3. The van der Waals surface area contributed by atoms with E-state index >= 15 is 0 Å². The molecule has 0 atom stereocenters. The molecule has 0 heterocycles. The molecule has 0 fully saturated rings. The second kappa shape index (κ2) is 13.1. The first-order valence-corrected chi connectivity index (χ1v) is 11.0. The first kappa shape index (κ1) is 25.7. The molecule has 0 aromatic heterocycles. The summed E-state index contributed by atoms with van der Waals surface area (Å²) < 4.78 is 16.0. The lowest BCUT2D eigenvalue weighted by atomic mass is 10.1. The fourth-order valence-corrected chi connectivity index (χ4v) is 2.99. The molecule has 0 bridgehead atoms. The molecule has 0 aliphatic rings. The van der Waals surface area contributed by atoms with E-state index in [1.54, 1.807) is 25.2 Å². The van der Waals surface area contributed by atoms with Gasteiger partial charge in [0.2, 0.25) is 0 Å². The van der Waals surface area contributed by atoms with Crippen LogP contribution < -0.4 is 14.8 Å². The molecule has 178 valence electrons. The summed E-state index contributed by atoms with van der Waals surface area (Å²) in [5.41, 5.74) is 2.53. The van der Waals surface area contributed by atoms with Gasteiger partial charge in [-0.25, -0.2) is 0 Å². The maximum absolute atomic E-state index is 12.4. The van der Waals surface area contributed by atoms with Gasteiger partial charge in [0.1, 0.15) is 6.54 Å². The van der Waals surface area contributed by atoms with Crippen molar-refractivity contribution in [1.29, 1.82) is 0 Å². The number of ether oxygens (including phenoxy) is 3. The Kier molecular flexibility index (Phi) is 10.2. The van der Waals surface area contributed by atoms with Crippen molar-refractivity contribution in [2.24, 2.45) is 0 Å². The summed E-state index contributed by atoms with van der Waals surface area (Å²) in [6.07, 6.45) is 0.952. The maximum Gasteiger partial charge on any atom is 0.325 e. The number of hydrogen-bond acceptors (Lipinski definition) is 6. The summed E-state index contributed by atoms with van der Waals surface area (Å²) in [4.78, 5) is 38.1. The van der Waals surface area contributed by atoms with E-state index in [9.17, 15) is 14.4 Å². The maximum atomic E-state index is 12.4. The van der Waals surface area contributed by atoms with Gasteiger partial charge in [-0.1, -0.05) is 31.2 Å². The Hall–Kier alpha value is -3.55. The van der Waals surface area contributed by atoms with Crippen molar-refractivity contribution in [2.75, 3.05) is 33.4 Å². The van der Waals surface area contributed by atoms with Crippen molar-refractivity contribution >= 4 is 17.8 Å². The molecule has 0 spiro atoms. The zero-order valence-electron chi connectivity index (χ0n) is 19.7. The Morgan fingerprint density at radius 2 is 1.52 bits per heavy atom. The van der Waals surface area contributed by atoms with Crippen LogP contribution in [-0.2, 0) is 27.3 Å². The van der Waals surface area contributed by atoms with E-state index in [1.807, 2.05) is 38.1 Å². The van der Waals surface area contributed by atoms with Crippen molar-refractivity contribution in [3.63, 3.8) is 0 Å². The third-order valence-electron chi connectivity index (χ3n) is 4.83. The summed E-state index contributed by atoms with van der Waals surface area (Å²) >= 11 is 0. The second-order valence-corrected chi connectivity index (χ2v) is 7.29. The SMILES string of the molecule is CCOc1ccc(C(=O)NCC(=O)OCC(=O)N(C)Cc2ccc(CC)cc2)cc1OCC. The Morgan fingerprint density at radius 1 is 0.879 bits per heavy atom. The number of benzene rings is 2. The van der Waals surface area contributed by atoms with Gasteiger partial charge in [0.05, 0.1) is 13.2 Å². The zero-order valence-corrected chi connectivity index (χ0v) is 19.7. The van der Waals surface area contributed by atoms with E-state index in [1.165, 1.54) is 10.5 Å². The van der Waals surface area contributed by atoms with Crippen molar-refractivity contribution in [1.82, 2.24) is 10.2 Å². The van der Waals surface area contributed by atoms with Gasteiger partial charge < -0.3 is 24.4 Å². The minimum atomic E-state index is -0.701. The lowest BCUT2D eigenvalue weighted by molar-refractivity contribution is -0.150. The molecular weight excluding hydrogens is 424 g/mol. The fourth-order valence-electron chi connectivity index (χ4n) is 2.99. The smallest absolute Gasteiger partial charge is 0.325 e. The molecule has 8 nitrogen and oxygen atoms in total. The number of nitrogens with one attached hydrogen (secondary N) is 1. The molecule has 33 heavy (non-hydrogen) atoms. The summed E-state index contributed by atoms with van der Waals surface area (Å²) in [6.45, 7) is 6.32. The van der Waals surface area contributed by atoms with Gasteiger partial charge in [-0.2, -0.15) is 0 Å². The van der Waals surface area contributed by atoms with E-state index in [-0.39, 0.29) is 12.5 Å². The van der Waals surface area contributed by atoms with E-state index in [0.29, 0.717) is 36.8 Å². The molecule has 2 amide bonds. The standard InChI is InChI=1S/C25H32N2O6/c1-5-18-8-10-19(11-9-18)16-27(4)23(28)17-33-24(29)15-26-25(30)20-12-13-21(31-6-2)22(14-20)32-7-3/h8-14H,5-7,15-17H2,1-4H3,(H,26,30). The Morgan fingerprint density at radius 3 is 2.15 bits per heavy atom. The molecule has 1 N–H and O–H groups in total. The van der Waals surface area contributed by atoms with Gasteiger partial charge in [-0.15, -0.1) is 0 Å². The van der Waals surface area contributed by atoms with Crippen LogP contribution in [0.1, 0.15) is 42.3 Å². The van der Waals surface area contributed by atoms with E-state index < -0.39 is 18.5 Å². The number of esters is 1. The fraction of sp³-hybridized carbons (Fsp3) is 0.400. The lowest BCUT2D eigenvalue weighted by Gasteiger charge is -2.17. The first-order valence-electron chi connectivity index (χ1n) is 11.0. The van der Waals surface area contributed by atoms with E-state index in [4.69, 9.17) is 14.2 Å². The topological polar surface area (TPSA) is 94.2 Å². The third kappa shape index (κ3) is 8.14. The molecule has 0 saturated heterocycles. The average molecular weight is 457 g/mol. The molecule has 0 saturated carbocycles. The van der Waals surface area contributed by atoms with Crippen molar-refractivity contribution in [3.05, 3.63) is 59.2 Å². The largest absolute Gasteiger partial charge is 0.490 e. The van der Waals surface area contributed by atoms with Gasteiger partial charge in [-0.3, -0.25) is 14.4 Å². The van der Waals surface area contributed by atoms with Crippen LogP contribution in [-0.4, -0.2) is 56.1 Å². The summed E-state index contributed by atoms with van der Waals surface area (Å²) in [5, 5.41) is 2.49. The van der Waals surface area contributed by atoms with Crippen LogP contribution in [0.15, 0.2) is 42.5 Å². The molecule has 0 radical (unpaired) electrons. The molecule has 0 aliphatic heterocycles. The van der Waals surface area contributed by atoms with Crippen LogP contribution in [0.2, 0.25) is 0 Å². The molecule has 2 aromatic carbocycles. The summed E-state index contributed by atoms with van der Waals surface area (Å²) in [6, 6.07) is 12.8. The summed E-state index contributed by atoms with van der Waals surface area (Å²) in [7, 11) is 1.65. The van der Waals surface area contributed by atoms with Crippen molar-refractivity contribution in [3.8, 4) is 11.5 Å². The highest BCUT2D eigenvalue weighted by Crippen LogP contribution is 2.28. The molecule has 2 aromatic rings. The molecule has 0 aliphatic carbocycles. The molecule has 8 heteroatoms. The number of amides is 2. The summed E-state index contributed by atoms with van der Waals surface area (Å²) in [5.74, 6) is -0.503. The molecule has 2 rings (SSSR count). The minimum Gasteiger partial charge on any atom is -0.490 e. The highest BCUT2D eigenvalue weighted by molar-refractivity contribution is 5.96. The number of likely N-dealkylation sites (N-methyl/N-ethyl adjacent to an activating group) is 1. The second-order valence-electron chi connectivity index (χ2n) is 7.29. The lowest BCUT2D eigenvalue weighted by Crippen LogP contribution is -2.34. The quantitative estimate of drug-likeness (QED) is 0.494. The third-order valence-corrected chi connectivity index (χ3v) is 4.83. The Balaban J connectivity index is 1.80. The van der Waals surface area contributed by atoms with Gasteiger partial charge in [0, 0.05) is 19.2 Å². The van der Waals surface area contributed by atoms with E-state index in [0.717, 1.165) is 12.0 Å². The number of carbonyl (C=O) groups excluding carboxylic acids is 3. The highest BCUT2D eigenvalue weighted by atomic mass is 16.5. The van der Waals surface area contributed by atoms with Crippen LogP contribution in [0.25, 0.3) is 0 Å². The van der Waals surface area contributed by atoms with Crippen LogP contribution in [0.3, 0.4) is 0 Å². The normalized spacial score (nSPS) is 10.3. The van der Waals surface area contributed by atoms with Crippen LogP contribution in [0, 0.1) is 0 Å². The van der Waals surface area contributed by atoms with Gasteiger partial charge in [0.25, 0.3) is 11.8 Å². The average Bonchev–Trinajstić information content (AvgIpc) is 2.82.